The smallest absolute Gasteiger partial charge is 0.368 e. The fourth-order valence-electron chi connectivity index (χ4n) is 5.91. The Hall–Kier alpha value is -3.25. The van der Waals surface area contributed by atoms with Crippen LogP contribution in [0.2, 0.25) is 0 Å². The number of carbonyl (C=O) groups excluding carboxylic acids is 2. The molecule has 0 radical (unpaired) electrons. The maximum Gasteiger partial charge on any atom is 0.419 e. The molecule has 4 atom stereocenters. The zero-order valence-electron chi connectivity index (χ0n) is 18.8. The first-order valence-corrected chi connectivity index (χ1v) is 11.4. The van der Waals surface area contributed by atoms with Gasteiger partial charge in [0, 0.05) is 12.1 Å². The molecule has 5 rings (SSSR count). The number of fused-ring (bicyclic) bond motifs is 1. The lowest BCUT2D eigenvalue weighted by Gasteiger charge is -2.38. The third-order valence-corrected chi connectivity index (χ3v) is 7.60. The summed E-state index contributed by atoms with van der Waals surface area (Å²) in [6.45, 7) is 0. The second kappa shape index (κ2) is 8.12. The summed E-state index contributed by atoms with van der Waals surface area (Å²) < 4.78 is 109. The summed E-state index contributed by atoms with van der Waals surface area (Å²) in [5.74, 6) is -6.77. The Morgan fingerprint density at radius 2 is 1.70 bits per heavy atom. The Morgan fingerprint density at radius 1 is 1.03 bits per heavy atom. The first-order chi connectivity index (χ1) is 17.2. The summed E-state index contributed by atoms with van der Waals surface area (Å²) in [4.78, 5) is 30.6. The molecule has 3 aliphatic rings. The monoisotopic (exact) mass is 533 g/mol. The molecule has 1 saturated heterocycles. The number of piperidine rings is 1. The molecule has 1 aliphatic heterocycles. The van der Waals surface area contributed by atoms with Crippen LogP contribution in [-0.2, 0) is 17.1 Å². The summed E-state index contributed by atoms with van der Waals surface area (Å²) in [7, 11) is 0. The predicted octanol–water partition coefficient (Wildman–Crippen LogP) is 5.05. The third kappa shape index (κ3) is 4.11. The van der Waals surface area contributed by atoms with Crippen LogP contribution in [-0.4, -0.2) is 33.3 Å². The molecule has 198 valence electrons. The predicted molar refractivity (Wildman–Crippen MR) is 111 cm³/mol. The lowest BCUT2D eigenvalue weighted by molar-refractivity contribution is -0.140. The number of primary amides is 1. The fraction of sp³-hybridized carbons (Fsp3) is 0.458. The van der Waals surface area contributed by atoms with Crippen LogP contribution in [0, 0.1) is 23.5 Å². The molecule has 37 heavy (non-hydrogen) atoms. The molecule has 0 spiro atoms. The number of nitrogens with zero attached hydrogens (tertiary/aromatic N) is 2. The number of nitrogens with two attached hydrogens (primary N) is 1. The van der Waals surface area contributed by atoms with Crippen LogP contribution < -0.4 is 5.73 Å². The number of benzene rings is 1. The number of hydrogen-bond donors (Lipinski definition) is 1. The summed E-state index contributed by atoms with van der Waals surface area (Å²) in [6, 6.07) is 0.457. The molecule has 5 nitrogen and oxygen atoms in total. The van der Waals surface area contributed by atoms with Crippen LogP contribution in [0.25, 0.3) is 0 Å². The highest BCUT2D eigenvalue weighted by molar-refractivity contribution is 5.98. The van der Waals surface area contributed by atoms with E-state index >= 15 is 4.39 Å². The van der Waals surface area contributed by atoms with Crippen molar-refractivity contribution in [1.82, 2.24) is 9.88 Å². The second-order valence-corrected chi connectivity index (χ2v) is 9.82. The number of rotatable bonds is 5. The molecule has 1 aromatic heterocycles. The van der Waals surface area contributed by atoms with Crippen molar-refractivity contribution in [2.45, 2.75) is 55.5 Å². The molecular formula is C24H19F8N3O2. The molecular weight excluding hydrogens is 514 g/mol. The van der Waals surface area contributed by atoms with Gasteiger partial charge in [0.05, 0.1) is 16.7 Å². The number of aromatic nitrogens is 1. The van der Waals surface area contributed by atoms with E-state index < -0.39 is 76.0 Å². The van der Waals surface area contributed by atoms with Crippen molar-refractivity contribution in [2.24, 2.45) is 17.6 Å². The zero-order chi connectivity index (χ0) is 27.1. The van der Waals surface area contributed by atoms with Gasteiger partial charge in [0.2, 0.25) is 5.91 Å². The Balaban J connectivity index is 1.61. The van der Waals surface area contributed by atoms with Gasteiger partial charge in [0.25, 0.3) is 5.91 Å². The van der Waals surface area contributed by atoms with Gasteiger partial charge < -0.3 is 10.6 Å². The molecule has 13 heteroatoms. The summed E-state index contributed by atoms with van der Waals surface area (Å²) in [5, 5.41) is 0. The quantitative estimate of drug-likeness (QED) is 0.547. The average Bonchev–Trinajstić information content (AvgIpc) is 3.72. The minimum Gasteiger partial charge on any atom is -0.368 e. The van der Waals surface area contributed by atoms with Gasteiger partial charge in [-0.1, -0.05) is 0 Å². The van der Waals surface area contributed by atoms with Gasteiger partial charge in [-0.2, -0.15) is 26.3 Å². The summed E-state index contributed by atoms with van der Waals surface area (Å²) >= 11 is 0. The van der Waals surface area contributed by atoms with E-state index in [0.29, 0.717) is 31.0 Å². The van der Waals surface area contributed by atoms with Crippen molar-refractivity contribution in [1.29, 1.82) is 0 Å². The normalized spacial score (nSPS) is 26.1. The van der Waals surface area contributed by atoms with E-state index in [4.69, 9.17) is 5.73 Å². The van der Waals surface area contributed by atoms with Crippen LogP contribution in [0.5, 0.6) is 0 Å². The Labute approximate surface area is 204 Å². The van der Waals surface area contributed by atoms with Crippen molar-refractivity contribution in [3.05, 3.63) is 64.5 Å². The van der Waals surface area contributed by atoms with Crippen LogP contribution >= 0.6 is 0 Å². The molecule has 1 aromatic carbocycles. The molecule has 3 fully saturated rings. The number of alkyl halides is 6. The van der Waals surface area contributed by atoms with Gasteiger partial charge in [0.1, 0.15) is 23.4 Å². The van der Waals surface area contributed by atoms with E-state index in [1.165, 1.54) is 0 Å². The van der Waals surface area contributed by atoms with Crippen molar-refractivity contribution in [2.75, 3.05) is 0 Å². The first-order valence-electron chi connectivity index (χ1n) is 11.4. The Morgan fingerprint density at radius 3 is 2.27 bits per heavy atom. The fourth-order valence-corrected chi connectivity index (χ4v) is 5.91. The maximum atomic E-state index is 15.1. The minimum atomic E-state index is -5.14. The van der Waals surface area contributed by atoms with Crippen molar-refractivity contribution in [3.63, 3.8) is 0 Å². The van der Waals surface area contributed by atoms with Gasteiger partial charge in [-0.05, 0) is 67.3 Å². The zero-order valence-corrected chi connectivity index (χ0v) is 18.8. The van der Waals surface area contributed by atoms with E-state index in [0.717, 1.165) is 11.1 Å². The van der Waals surface area contributed by atoms with Crippen LogP contribution in [0.15, 0.2) is 30.5 Å². The third-order valence-electron chi connectivity index (χ3n) is 7.60. The molecule has 2 amide bonds. The largest absolute Gasteiger partial charge is 0.419 e. The van der Waals surface area contributed by atoms with Crippen molar-refractivity contribution >= 4 is 11.8 Å². The second-order valence-electron chi connectivity index (χ2n) is 9.82. The van der Waals surface area contributed by atoms with Gasteiger partial charge in [-0.25, -0.2) is 8.78 Å². The van der Waals surface area contributed by atoms with Crippen molar-refractivity contribution < 1.29 is 44.7 Å². The number of halogens is 8. The number of amides is 2. The maximum absolute atomic E-state index is 15.1. The molecule has 2 aromatic rings. The SMILES string of the molecule is NC(=O)C1CC2CC2([C@@H](c2cc(F)c(C(F)(F)F)cc2F)C2CC2)N1C(=O)c1cc(C(F)(F)F)ccn1. The molecule has 2 aliphatic carbocycles. The molecule has 2 heterocycles. The number of likely N-dealkylation sites (tertiary alicyclic amines) is 1. The summed E-state index contributed by atoms with van der Waals surface area (Å²) in [6.07, 6.45) is -7.90. The van der Waals surface area contributed by atoms with Gasteiger partial charge in [-0.15, -0.1) is 0 Å². The minimum absolute atomic E-state index is 0.0357. The highest BCUT2D eigenvalue weighted by Gasteiger charge is 2.73. The van der Waals surface area contributed by atoms with Crippen molar-refractivity contribution in [3.8, 4) is 0 Å². The van der Waals surface area contributed by atoms with E-state index in [-0.39, 0.29) is 30.4 Å². The molecule has 2 saturated carbocycles. The highest BCUT2D eigenvalue weighted by atomic mass is 19.4. The van der Waals surface area contributed by atoms with Gasteiger partial charge in [-0.3, -0.25) is 14.6 Å². The molecule has 3 unspecified atom stereocenters. The lowest BCUT2D eigenvalue weighted by atomic mass is 9.82. The van der Waals surface area contributed by atoms with Crippen LogP contribution in [0.3, 0.4) is 0 Å². The van der Waals surface area contributed by atoms with Gasteiger partial charge >= 0.3 is 12.4 Å². The standard InChI is InChI=1S/C24H19F8N3O2/c25-15-8-14(24(30,31)32)16(26)7-13(15)19(10-1-2-10)22-9-12(22)6-18(20(33)36)35(22)21(37)17-5-11(3-4-34-17)23(27,28)29/h3-5,7-8,10,12,18-19H,1-2,6,9H2,(H2,33,36)/t12?,18?,19-,22?/m1/s1. The molecule has 0 bridgehead atoms. The summed E-state index contributed by atoms with van der Waals surface area (Å²) in [5.41, 5.74) is 0.232. The number of carbonyl (C=O) groups is 2. The van der Waals surface area contributed by atoms with Gasteiger partial charge in [0.15, 0.2) is 0 Å². The van der Waals surface area contributed by atoms with E-state index in [9.17, 15) is 40.3 Å². The van der Waals surface area contributed by atoms with E-state index in [1.54, 1.807) is 0 Å². The molecule has 2 N–H and O–H groups in total. The number of pyridine rings is 1. The Bertz CT molecular complexity index is 1290. The number of hydrogen-bond acceptors (Lipinski definition) is 3. The van der Waals surface area contributed by atoms with Crippen LogP contribution in [0.4, 0.5) is 35.1 Å². The lowest BCUT2D eigenvalue weighted by Crippen LogP contribution is -2.53. The van der Waals surface area contributed by atoms with Crippen LogP contribution in [0.1, 0.15) is 58.8 Å². The topological polar surface area (TPSA) is 76.3 Å². The Kier molecular flexibility index (Phi) is 5.58. The highest BCUT2D eigenvalue weighted by Crippen LogP contribution is 2.69. The van der Waals surface area contributed by atoms with E-state index in [2.05, 4.69) is 4.98 Å². The first kappa shape index (κ1) is 25.4. The van der Waals surface area contributed by atoms with E-state index in [1.807, 2.05) is 0 Å². The average molecular weight is 533 g/mol.